The Hall–Kier alpha value is -0.0413. The van der Waals surface area contributed by atoms with E-state index in [4.69, 9.17) is 0 Å². The average molecular weight is 493 g/mol. The van der Waals surface area contributed by atoms with Crippen molar-refractivity contribution in [3.05, 3.63) is 10.2 Å². The Morgan fingerprint density at radius 1 is 1.04 bits per heavy atom. The second-order valence-corrected chi connectivity index (χ2v) is 14.2. The van der Waals surface area contributed by atoms with Crippen LogP contribution in [0.5, 0.6) is 0 Å². The van der Waals surface area contributed by atoms with E-state index in [9.17, 15) is 13.2 Å². The standard InChI is InChI=1S/C13H27.C7H11O4S.Sn/c1-4-7-10-13(11-8-5-2)12-9-6-3;1-4-5-6(7(8)11-2)12(3,9)10;/h4-12H2,1-3H3;1,4,6H,5H2,2-3H3;. The topological polar surface area (TPSA) is 60.4 Å². The number of carbonyl (C=O) groups excluding carboxylic acids is 1. The minimum absolute atomic E-state index is 0.234. The molecule has 0 aliphatic rings. The van der Waals surface area contributed by atoms with E-state index < -0.39 is 42.2 Å². The number of sulfone groups is 1. The van der Waals surface area contributed by atoms with E-state index in [1.165, 1.54) is 64.9 Å². The van der Waals surface area contributed by atoms with Gasteiger partial charge in [0.1, 0.15) is 0 Å². The van der Waals surface area contributed by atoms with Crippen molar-refractivity contribution in [3.63, 3.8) is 0 Å². The second-order valence-electron chi connectivity index (χ2n) is 7.21. The fourth-order valence-corrected chi connectivity index (χ4v) is 8.53. The third-order valence-electron chi connectivity index (χ3n) is 4.87. The number of carbonyl (C=O) groups is 1. The average Bonchev–Trinajstić information content (AvgIpc) is 2.60. The van der Waals surface area contributed by atoms with Crippen LogP contribution in [-0.4, -0.2) is 54.1 Å². The normalized spacial score (nSPS) is 13.9. The molecule has 1 atom stereocenters. The first-order valence-electron chi connectivity index (χ1n) is 9.95. The Morgan fingerprint density at radius 2 is 1.50 bits per heavy atom. The van der Waals surface area contributed by atoms with Gasteiger partial charge in [0.25, 0.3) is 0 Å². The maximum atomic E-state index is 11.8. The van der Waals surface area contributed by atoms with E-state index in [2.05, 4.69) is 29.6 Å². The van der Waals surface area contributed by atoms with Crippen LogP contribution >= 0.6 is 0 Å². The molecule has 4 nitrogen and oxygen atoms in total. The zero-order valence-corrected chi connectivity index (χ0v) is 21.0. The first-order valence-corrected chi connectivity index (χ1v) is 15.0. The van der Waals surface area contributed by atoms with E-state index in [1.807, 2.05) is 6.08 Å². The van der Waals surface area contributed by atoms with Crippen LogP contribution in [0.3, 0.4) is 0 Å². The van der Waals surface area contributed by atoms with Gasteiger partial charge in [0.05, 0.1) is 0 Å². The van der Waals surface area contributed by atoms with E-state index in [0.717, 1.165) is 6.26 Å². The van der Waals surface area contributed by atoms with Crippen molar-refractivity contribution in [3.8, 4) is 0 Å². The van der Waals surface area contributed by atoms with Crippen LogP contribution in [0.1, 0.15) is 85.0 Å². The van der Waals surface area contributed by atoms with Crippen LogP contribution in [0.15, 0.2) is 10.2 Å². The van der Waals surface area contributed by atoms with Crippen molar-refractivity contribution in [2.24, 2.45) is 0 Å². The van der Waals surface area contributed by atoms with Crippen molar-refractivity contribution in [1.29, 1.82) is 0 Å². The molecule has 2 radical (unpaired) electrons. The number of hydrogen-bond acceptors (Lipinski definition) is 4. The van der Waals surface area contributed by atoms with Crippen molar-refractivity contribution in [1.82, 2.24) is 0 Å². The number of unbranched alkanes of at least 4 members (excludes halogenated alkanes) is 3. The summed E-state index contributed by atoms with van der Waals surface area (Å²) in [6, 6.07) is 0. The van der Waals surface area contributed by atoms with Crippen molar-refractivity contribution in [2.45, 2.75) is 93.7 Å². The monoisotopic (exact) mass is 494 g/mol. The van der Waals surface area contributed by atoms with Crippen LogP contribution in [0, 0.1) is 0 Å². The number of allylic oxidation sites excluding steroid dienone is 1. The molecule has 0 aromatic rings. The predicted molar refractivity (Wildman–Crippen MR) is 111 cm³/mol. The number of ether oxygens (including phenoxy) is 1. The van der Waals surface area contributed by atoms with E-state index in [0.29, 0.717) is 3.43 Å². The molecular weight excluding hydrogens is 455 g/mol. The summed E-state index contributed by atoms with van der Waals surface area (Å²) in [5.41, 5.74) is 0. The summed E-state index contributed by atoms with van der Waals surface area (Å²) < 4.78 is 31.1. The molecule has 0 saturated carbocycles. The maximum absolute atomic E-state index is 11.8. The first kappa shape index (κ1) is 26.0. The summed E-state index contributed by atoms with van der Waals surface area (Å²) in [7, 11) is -2.20. The fraction of sp³-hybridized carbons (Fsp3) is 0.850. The number of methoxy groups -OCH3 is 1. The van der Waals surface area contributed by atoms with Gasteiger partial charge in [0, 0.05) is 0 Å². The van der Waals surface area contributed by atoms with Gasteiger partial charge in [-0.05, 0) is 0 Å². The zero-order chi connectivity index (χ0) is 20.1. The number of rotatable bonds is 15. The van der Waals surface area contributed by atoms with Gasteiger partial charge in [-0.2, -0.15) is 0 Å². The van der Waals surface area contributed by atoms with Gasteiger partial charge in [0.2, 0.25) is 0 Å². The molecular formula is C20H38O4SSn. The third kappa shape index (κ3) is 10.3. The summed E-state index contributed by atoms with van der Waals surface area (Å²) in [6.45, 7) is 6.75. The van der Waals surface area contributed by atoms with Gasteiger partial charge in [-0.3, -0.25) is 0 Å². The zero-order valence-electron chi connectivity index (χ0n) is 17.3. The number of hydrogen-bond donors (Lipinski definition) is 0. The molecule has 0 aliphatic heterocycles. The SMILES string of the molecule is CCCC[C](CCCC)(CCCC)[Sn]/[CH]=C/CC(C(=O)OC)S(C)(=O)=O. The van der Waals surface area contributed by atoms with Crippen LogP contribution in [0.2, 0.25) is 3.43 Å². The quantitative estimate of drug-likeness (QED) is 0.240. The first-order chi connectivity index (χ1) is 12.3. The second kappa shape index (κ2) is 14.0. The molecule has 0 amide bonds. The van der Waals surface area contributed by atoms with E-state index in [1.54, 1.807) is 0 Å². The molecule has 0 rings (SSSR count). The van der Waals surface area contributed by atoms with Gasteiger partial charge in [-0.25, -0.2) is 0 Å². The van der Waals surface area contributed by atoms with Crippen LogP contribution in [0.25, 0.3) is 0 Å². The van der Waals surface area contributed by atoms with E-state index >= 15 is 0 Å². The summed E-state index contributed by atoms with van der Waals surface area (Å²) in [4.78, 5) is 11.8. The third-order valence-corrected chi connectivity index (χ3v) is 11.3. The Kier molecular flexibility index (Phi) is 14.0. The van der Waals surface area contributed by atoms with Gasteiger partial charge in [0.15, 0.2) is 0 Å². The molecule has 0 saturated heterocycles. The molecule has 0 spiro atoms. The van der Waals surface area contributed by atoms with Crippen LogP contribution in [0.4, 0.5) is 0 Å². The molecule has 0 fully saturated rings. The van der Waals surface area contributed by atoms with Gasteiger partial charge >= 0.3 is 172 Å². The summed E-state index contributed by atoms with van der Waals surface area (Å²) in [6.07, 6.45) is 14.7. The van der Waals surface area contributed by atoms with Crippen molar-refractivity contribution in [2.75, 3.05) is 13.4 Å². The number of esters is 1. The molecule has 26 heavy (non-hydrogen) atoms. The molecule has 0 aromatic heterocycles. The van der Waals surface area contributed by atoms with Gasteiger partial charge < -0.3 is 0 Å². The Morgan fingerprint density at radius 3 is 1.85 bits per heavy atom. The van der Waals surface area contributed by atoms with Gasteiger partial charge in [-0.15, -0.1) is 0 Å². The van der Waals surface area contributed by atoms with Crippen LogP contribution in [-0.2, 0) is 19.4 Å². The fourth-order valence-electron chi connectivity index (χ4n) is 3.14. The molecule has 0 N–H and O–H groups in total. The Bertz CT molecular complexity index is 492. The van der Waals surface area contributed by atoms with Gasteiger partial charge in [-0.1, -0.05) is 0 Å². The van der Waals surface area contributed by atoms with Crippen molar-refractivity contribution >= 4 is 36.9 Å². The molecule has 6 heteroatoms. The molecule has 0 aromatic carbocycles. The minimum atomic E-state index is -3.44. The Balaban J connectivity index is 5.11. The molecule has 0 bridgehead atoms. The summed E-state index contributed by atoms with van der Waals surface area (Å²) in [5.74, 6) is -0.656. The summed E-state index contributed by atoms with van der Waals surface area (Å²) in [5, 5.41) is -1.07. The van der Waals surface area contributed by atoms with E-state index in [-0.39, 0.29) is 6.42 Å². The molecule has 1 unspecified atom stereocenters. The predicted octanol–water partition coefficient (Wildman–Crippen LogP) is 4.91. The Labute approximate surface area is 171 Å². The molecule has 152 valence electrons. The van der Waals surface area contributed by atoms with Crippen molar-refractivity contribution < 1.29 is 17.9 Å². The molecule has 0 heterocycles. The van der Waals surface area contributed by atoms with Crippen LogP contribution < -0.4 is 0 Å². The summed E-state index contributed by atoms with van der Waals surface area (Å²) >= 11 is -0.813. The molecule has 0 aliphatic carbocycles.